The molecule has 34 heavy (non-hydrogen) atoms. The number of aromatic nitrogens is 4. The highest BCUT2D eigenvalue weighted by molar-refractivity contribution is 6.42. The van der Waals surface area contributed by atoms with Gasteiger partial charge in [-0.25, -0.2) is 9.97 Å². The number of anilines is 4. The molecule has 0 unspecified atom stereocenters. The molecule has 0 atom stereocenters. The molecule has 2 aromatic heterocycles. The van der Waals surface area contributed by atoms with Crippen molar-refractivity contribution in [1.29, 1.82) is 0 Å². The second-order valence-electron chi connectivity index (χ2n) is 7.86. The van der Waals surface area contributed by atoms with E-state index in [1.54, 1.807) is 22.9 Å². The maximum absolute atomic E-state index is 13.0. The molecule has 0 radical (unpaired) electrons. The molecule has 7 nitrogen and oxygen atoms in total. The highest BCUT2D eigenvalue weighted by atomic mass is 35.5. The zero-order chi connectivity index (χ0) is 23.7. The minimum Gasteiger partial charge on any atom is -0.311 e. The van der Waals surface area contributed by atoms with Gasteiger partial charge in [0, 0.05) is 43.1 Å². The van der Waals surface area contributed by atoms with Crippen molar-refractivity contribution in [3.63, 3.8) is 0 Å². The van der Waals surface area contributed by atoms with Gasteiger partial charge in [0.15, 0.2) is 0 Å². The summed E-state index contributed by atoms with van der Waals surface area (Å²) in [5.41, 5.74) is 2.16. The molecule has 2 aromatic carbocycles. The second kappa shape index (κ2) is 9.44. The molecule has 5 rings (SSSR count). The van der Waals surface area contributed by atoms with Crippen LogP contribution in [-0.4, -0.2) is 32.6 Å². The van der Waals surface area contributed by atoms with Gasteiger partial charge in [0.2, 0.25) is 11.9 Å². The van der Waals surface area contributed by atoms with E-state index in [-0.39, 0.29) is 5.56 Å². The first-order valence-corrected chi connectivity index (χ1v) is 11.8. The van der Waals surface area contributed by atoms with Crippen LogP contribution in [0.1, 0.15) is 13.3 Å². The molecular formula is C25H22Cl2N6O. The van der Waals surface area contributed by atoms with E-state index in [0.717, 1.165) is 17.7 Å². The van der Waals surface area contributed by atoms with Gasteiger partial charge in [0.05, 0.1) is 15.7 Å². The molecule has 172 valence electrons. The van der Waals surface area contributed by atoms with Gasteiger partial charge in [-0.05, 0) is 43.7 Å². The third kappa shape index (κ3) is 4.24. The summed E-state index contributed by atoms with van der Waals surface area (Å²) in [4.78, 5) is 31.2. The predicted molar refractivity (Wildman–Crippen MR) is 137 cm³/mol. The molecule has 0 N–H and O–H groups in total. The molecular weight excluding hydrogens is 471 g/mol. The summed E-state index contributed by atoms with van der Waals surface area (Å²) in [6.07, 6.45) is 2.54. The number of benzene rings is 2. The van der Waals surface area contributed by atoms with E-state index in [9.17, 15) is 4.79 Å². The quantitative estimate of drug-likeness (QED) is 0.355. The van der Waals surface area contributed by atoms with E-state index in [2.05, 4.69) is 11.9 Å². The zero-order valence-electron chi connectivity index (χ0n) is 18.5. The van der Waals surface area contributed by atoms with Crippen LogP contribution in [0.5, 0.6) is 0 Å². The van der Waals surface area contributed by atoms with Crippen LogP contribution in [0.4, 0.5) is 23.4 Å². The number of rotatable bonds is 5. The van der Waals surface area contributed by atoms with Crippen molar-refractivity contribution in [2.24, 2.45) is 0 Å². The second-order valence-corrected chi connectivity index (χ2v) is 8.67. The normalized spacial score (nSPS) is 13.0. The average molecular weight is 493 g/mol. The summed E-state index contributed by atoms with van der Waals surface area (Å²) in [5, 5.41) is 0.866. The van der Waals surface area contributed by atoms with Crippen molar-refractivity contribution >= 4 is 46.6 Å². The molecule has 1 aliphatic heterocycles. The topological polar surface area (TPSA) is 67.2 Å². The highest BCUT2D eigenvalue weighted by Crippen LogP contribution is 2.31. The highest BCUT2D eigenvalue weighted by Gasteiger charge is 2.24. The summed E-state index contributed by atoms with van der Waals surface area (Å²) < 4.78 is 1.68. The van der Waals surface area contributed by atoms with Crippen molar-refractivity contribution in [3.05, 3.63) is 87.3 Å². The fourth-order valence-electron chi connectivity index (χ4n) is 4.08. The standard InChI is InChI=1S/C25H22Cl2N6O/c1-2-31(18-7-4-3-5-8-18)24-28-12-11-22(30-24)32-13-6-14-33-23(34)16-21(29-25(32)33)17-9-10-19(26)20(27)15-17/h3-5,7-12,15-16H,2,6,13-14H2,1H3. The van der Waals surface area contributed by atoms with Crippen LogP contribution in [0.15, 0.2) is 71.7 Å². The van der Waals surface area contributed by atoms with Crippen molar-refractivity contribution in [3.8, 4) is 11.3 Å². The Balaban J connectivity index is 1.57. The molecule has 4 aromatic rings. The maximum atomic E-state index is 13.0. The van der Waals surface area contributed by atoms with E-state index in [1.807, 2.05) is 52.3 Å². The molecule has 0 bridgehead atoms. The predicted octanol–water partition coefficient (Wildman–Crippen LogP) is 5.71. The lowest BCUT2D eigenvalue weighted by Gasteiger charge is -2.31. The van der Waals surface area contributed by atoms with E-state index in [1.165, 1.54) is 6.07 Å². The lowest BCUT2D eigenvalue weighted by atomic mass is 10.1. The fraction of sp³-hybridized carbons (Fsp3) is 0.200. The average Bonchev–Trinajstić information content (AvgIpc) is 2.87. The van der Waals surface area contributed by atoms with Gasteiger partial charge in [-0.3, -0.25) is 14.3 Å². The summed E-state index contributed by atoms with van der Waals surface area (Å²) >= 11 is 12.3. The van der Waals surface area contributed by atoms with Crippen LogP contribution in [0.2, 0.25) is 10.0 Å². The van der Waals surface area contributed by atoms with Crippen molar-refractivity contribution in [1.82, 2.24) is 19.5 Å². The third-order valence-electron chi connectivity index (χ3n) is 5.74. The summed E-state index contributed by atoms with van der Waals surface area (Å²) in [5.74, 6) is 1.82. The monoisotopic (exact) mass is 492 g/mol. The Morgan fingerprint density at radius 3 is 2.56 bits per heavy atom. The Hall–Kier alpha value is -3.42. The first-order chi connectivity index (χ1) is 16.5. The van der Waals surface area contributed by atoms with Gasteiger partial charge in [-0.2, -0.15) is 4.98 Å². The number of fused-ring (bicyclic) bond motifs is 1. The van der Waals surface area contributed by atoms with Crippen molar-refractivity contribution in [2.45, 2.75) is 19.9 Å². The number of halogens is 2. The number of para-hydroxylation sites is 1. The lowest BCUT2D eigenvalue weighted by molar-refractivity contribution is 0.561. The van der Waals surface area contributed by atoms with Crippen LogP contribution in [0.3, 0.4) is 0 Å². The van der Waals surface area contributed by atoms with Gasteiger partial charge in [-0.1, -0.05) is 47.5 Å². The number of hydrogen-bond donors (Lipinski definition) is 0. The Labute approximate surface area is 207 Å². The molecule has 0 fully saturated rings. The van der Waals surface area contributed by atoms with Gasteiger partial charge >= 0.3 is 0 Å². The van der Waals surface area contributed by atoms with Crippen LogP contribution in [-0.2, 0) is 6.54 Å². The molecule has 0 spiro atoms. The fourth-order valence-corrected chi connectivity index (χ4v) is 4.38. The minimum absolute atomic E-state index is 0.121. The van der Waals surface area contributed by atoms with Crippen LogP contribution >= 0.6 is 23.2 Å². The van der Waals surface area contributed by atoms with Crippen molar-refractivity contribution in [2.75, 3.05) is 22.9 Å². The minimum atomic E-state index is -0.121. The first-order valence-electron chi connectivity index (χ1n) is 11.1. The van der Waals surface area contributed by atoms with E-state index >= 15 is 0 Å². The van der Waals surface area contributed by atoms with Crippen molar-refractivity contribution < 1.29 is 0 Å². The Morgan fingerprint density at radius 2 is 1.79 bits per heavy atom. The molecule has 0 aliphatic carbocycles. The zero-order valence-corrected chi connectivity index (χ0v) is 20.0. The SMILES string of the molecule is CCN(c1ccccc1)c1nccc(N2CCCn3c2nc(-c2ccc(Cl)c(Cl)c2)cc3=O)n1. The molecule has 1 aliphatic rings. The molecule has 0 amide bonds. The summed E-state index contributed by atoms with van der Waals surface area (Å²) in [6.45, 7) is 4.06. The maximum Gasteiger partial charge on any atom is 0.255 e. The molecule has 0 saturated carbocycles. The van der Waals surface area contributed by atoms with Gasteiger partial charge in [-0.15, -0.1) is 0 Å². The summed E-state index contributed by atoms with van der Waals surface area (Å²) in [7, 11) is 0. The molecule has 9 heteroatoms. The van der Waals surface area contributed by atoms with Crippen LogP contribution in [0.25, 0.3) is 11.3 Å². The van der Waals surface area contributed by atoms with Gasteiger partial charge < -0.3 is 4.90 Å². The van der Waals surface area contributed by atoms with Gasteiger partial charge in [0.1, 0.15) is 5.82 Å². The lowest BCUT2D eigenvalue weighted by Crippen LogP contribution is -2.36. The summed E-state index contributed by atoms with van der Waals surface area (Å²) in [6, 6.07) is 18.6. The Morgan fingerprint density at radius 1 is 0.971 bits per heavy atom. The van der Waals surface area contributed by atoms with Gasteiger partial charge in [0.25, 0.3) is 5.56 Å². The molecule has 0 saturated heterocycles. The third-order valence-corrected chi connectivity index (χ3v) is 6.48. The van der Waals surface area contributed by atoms with E-state index in [0.29, 0.717) is 53.1 Å². The largest absolute Gasteiger partial charge is 0.311 e. The van der Waals surface area contributed by atoms with Crippen LogP contribution in [0, 0.1) is 0 Å². The Bertz CT molecular complexity index is 1390. The first kappa shape index (κ1) is 22.4. The van der Waals surface area contributed by atoms with E-state index in [4.69, 9.17) is 33.2 Å². The molecule has 3 heterocycles. The Kier molecular flexibility index (Phi) is 6.22. The van der Waals surface area contributed by atoms with Crippen LogP contribution < -0.4 is 15.4 Å². The number of nitrogens with zero attached hydrogens (tertiary/aromatic N) is 6. The number of hydrogen-bond acceptors (Lipinski definition) is 6. The van der Waals surface area contributed by atoms with E-state index < -0.39 is 0 Å². The smallest absolute Gasteiger partial charge is 0.255 e.